The Bertz CT molecular complexity index is 610. The van der Waals surface area contributed by atoms with Crippen molar-refractivity contribution in [2.45, 2.75) is 6.92 Å². The highest BCUT2D eigenvalue weighted by atomic mass is 35.5. The highest BCUT2D eigenvalue weighted by molar-refractivity contribution is 6.33. The lowest BCUT2D eigenvalue weighted by Gasteiger charge is -2.21. The molecule has 1 aromatic carbocycles. The van der Waals surface area contributed by atoms with Gasteiger partial charge in [0.15, 0.2) is 11.5 Å². The van der Waals surface area contributed by atoms with Crippen LogP contribution in [0.3, 0.4) is 0 Å². The molecule has 3 rings (SSSR count). The molecule has 0 spiro atoms. The summed E-state index contributed by atoms with van der Waals surface area (Å²) in [5.74, 6) is 1.46. The van der Waals surface area contributed by atoms with Crippen LogP contribution in [0, 0.1) is 6.92 Å². The lowest BCUT2D eigenvalue weighted by atomic mass is 10.0. The smallest absolute Gasteiger partial charge is 0.229 e. The van der Waals surface area contributed by atoms with Crippen LogP contribution in [0.2, 0.25) is 5.02 Å². The van der Waals surface area contributed by atoms with Gasteiger partial charge in [-0.25, -0.2) is 0 Å². The Kier molecular flexibility index (Phi) is 2.56. The topological polar surface area (TPSA) is 70.5 Å². The van der Waals surface area contributed by atoms with Crippen molar-refractivity contribution < 1.29 is 14.0 Å². The molecule has 18 heavy (non-hydrogen) atoms. The van der Waals surface area contributed by atoms with Gasteiger partial charge in [0.25, 0.3) is 0 Å². The molecule has 5 nitrogen and oxygen atoms in total. The van der Waals surface area contributed by atoms with E-state index in [9.17, 15) is 0 Å². The Morgan fingerprint density at radius 2 is 2.06 bits per heavy atom. The van der Waals surface area contributed by atoms with Gasteiger partial charge < -0.3 is 19.7 Å². The number of hydrogen-bond donors (Lipinski definition) is 1. The second-order valence-electron chi connectivity index (χ2n) is 3.99. The summed E-state index contributed by atoms with van der Waals surface area (Å²) in [7, 11) is 0. The van der Waals surface area contributed by atoms with Crippen LogP contribution in [-0.2, 0) is 0 Å². The van der Waals surface area contributed by atoms with E-state index < -0.39 is 0 Å². The van der Waals surface area contributed by atoms with E-state index in [0.29, 0.717) is 35.3 Å². The maximum atomic E-state index is 6.29. The Hall–Kier alpha value is -1.88. The molecule has 2 N–H and O–H groups in total. The summed E-state index contributed by atoms with van der Waals surface area (Å²) < 4.78 is 15.9. The number of benzene rings is 1. The molecule has 0 atom stereocenters. The molecule has 0 saturated carbocycles. The van der Waals surface area contributed by atoms with Gasteiger partial charge in [-0.15, -0.1) is 0 Å². The first-order valence-corrected chi connectivity index (χ1v) is 5.85. The second-order valence-corrected chi connectivity index (χ2v) is 4.37. The van der Waals surface area contributed by atoms with Crippen molar-refractivity contribution in [1.82, 2.24) is 5.16 Å². The molecule has 1 aromatic heterocycles. The summed E-state index contributed by atoms with van der Waals surface area (Å²) >= 11 is 6.29. The van der Waals surface area contributed by atoms with Crippen LogP contribution in [0.5, 0.6) is 11.5 Å². The standard InChI is InChI=1S/C12H11ClN2O3/c1-6-7(8-5-15-18-12(8)14)4-9-11(10(6)13)17-3-2-16-9/h4-5H,2-3,14H2,1H3. The highest BCUT2D eigenvalue weighted by Crippen LogP contribution is 2.45. The zero-order chi connectivity index (χ0) is 12.7. The molecule has 0 saturated heterocycles. The summed E-state index contributed by atoms with van der Waals surface area (Å²) in [5.41, 5.74) is 8.12. The predicted octanol–water partition coefficient (Wildman–Crippen LogP) is 2.66. The third-order valence-electron chi connectivity index (χ3n) is 2.91. The largest absolute Gasteiger partial charge is 0.486 e. The van der Waals surface area contributed by atoms with Gasteiger partial charge in [-0.05, 0) is 24.1 Å². The first kappa shape index (κ1) is 11.2. The van der Waals surface area contributed by atoms with E-state index in [4.69, 9.17) is 31.3 Å². The second kappa shape index (κ2) is 4.10. The maximum Gasteiger partial charge on any atom is 0.229 e. The van der Waals surface area contributed by atoms with Crippen molar-refractivity contribution in [3.8, 4) is 22.6 Å². The van der Waals surface area contributed by atoms with Gasteiger partial charge in [0.1, 0.15) is 13.2 Å². The Morgan fingerprint density at radius 3 is 2.78 bits per heavy atom. The lowest BCUT2D eigenvalue weighted by Crippen LogP contribution is -2.16. The third kappa shape index (κ3) is 1.59. The average molecular weight is 267 g/mol. The summed E-state index contributed by atoms with van der Waals surface area (Å²) in [4.78, 5) is 0. The van der Waals surface area contributed by atoms with Crippen molar-refractivity contribution in [2.24, 2.45) is 0 Å². The number of nitrogen functional groups attached to an aromatic ring is 1. The number of nitrogens with two attached hydrogens (primary N) is 1. The SMILES string of the molecule is Cc1c(-c2cnoc2N)cc2c(c1Cl)OCCO2. The zero-order valence-electron chi connectivity index (χ0n) is 9.70. The molecule has 0 aliphatic carbocycles. The first-order valence-electron chi connectivity index (χ1n) is 5.47. The van der Waals surface area contributed by atoms with Gasteiger partial charge in [-0.3, -0.25) is 0 Å². The molecule has 1 aliphatic heterocycles. The number of nitrogens with zero attached hydrogens (tertiary/aromatic N) is 1. The van der Waals surface area contributed by atoms with Crippen molar-refractivity contribution in [1.29, 1.82) is 0 Å². The zero-order valence-corrected chi connectivity index (χ0v) is 10.5. The van der Waals surface area contributed by atoms with Crippen molar-refractivity contribution in [2.75, 3.05) is 18.9 Å². The quantitative estimate of drug-likeness (QED) is 0.859. The normalized spacial score (nSPS) is 13.7. The van der Waals surface area contributed by atoms with Crippen LogP contribution >= 0.6 is 11.6 Å². The number of fused-ring (bicyclic) bond motifs is 1. The van der Waals surface area contributed by atoms with Gasteiger partial charge >= 0.3 is 0 Å². The predicted molar refractivity (Wildman–Crippen MR) is 67.1 cm³/mol. The molecule has 6 heteroatoms. The van der Waals surface area contributed by atoms with Crippen LogP contribution in [0.15, 0.2) is 16.8 Å². The average Bonchev–Trinajstić information content (AvgIpc) is 2.80. The third-order valence-corrected chi connectivity index (χ3v) is 3.36. The van der Waals surface area contributed by atoms with Crippen molar-refractivity contribution in [3.63, 3.8) is 0 Å². The van der Waals surface area contributed by atoms with Gasteiger partial charge in [-0.2, -0.15) is 0 Å². The minimum atomic E-state index is 0.255. The molecule has 0 fully saturated rings. The number of hydrogen-bond acceptors (Lipinski definition) is 5. The number of ether oxygens (including phenoxy) is 2. The van der Waals surface area contributed by atoms with E-state index in [1.807, 2.05) is 13.0 Å². The van der Waals surface area contributed by atoms with Gasteiger partial charge in [-0.1, -0.05) is 16.8 Å². The fourth-order valence-electron chi connectivity index (χ4n) is 1.97. The van der Waals surface area contributed by atoms with E-state index in [2.05, 4.69) is 5.16 Å². The molecule has 1 aliphatic rings. The fourth-order valence-corrected chi connectivity index (χ4v) is 2.22. The fraction of sp³-hybridized carbons (Fsp3) is 0.250. The number of aromatic nitrogens is 1. The molecule has 94 valence electrons. The Morgan fingerprint density at radius 1 is 1.28 bits per heavy atom. The summed E-state index contributed by atoms with van der Waals surface area (Å²) in [5, 5.41) is 4.20. The monoisotopic (exact) mass is 266 g/mol. The van der Waals surface area contributed by atoms with Crippen LogP contribution in [0.1, 0.15) is 5.56 Å². The lowest BCUT2D eigenvalue weighted by molar-refractivity contribution is 0.171. The number of anilines is 1. The summed E-state index contributed by atoms with van der Waals surface area (Å²) in [6.07, 6.45) is 1.56. The molecule has 2 aromatic rings. The van der Waals surface area contributed by atoms with Crippen molar-refractivity contribution >= 4 is 17.5 Å². The van der Waals surface area contributed by atoms with E-state index in [1.165, 1.54) is 0 Å². The summed E-state index contributed by atoms with van der Waals surface area (Å²) in [6, 6.07) is 1.85. The molecule has 2 heterocycles. The Balaban J connectivity index is 2.22. The summed E-state index contributed by atoms with van der Waals surface area (Å²) in [6.45, 7) is 2.90. The van der Waals surface area contributed by atoms with E-state index in [-0.39, 0.29) is 5.88 Å². The molecular weight excluding hydrogens is 256 g/mol. The minimum absolute atomic E-state index is 0.255. The van der Waals surface area contributed by atoms with Crippen LogP contribution in [0.4, 0.5) is 5.88 Å². The van der Waals surface area contributed by atoms with Crippen molar-refractivity contribution in [3.05, 3.63) is 22.8 Å². The van der Waals surface area contributed by atoms with Crippen LogP contribution < -0.4 is 15.2 Å². The van der Waals surface area contributed by atoms with Crippen LogP contribution in [-0.4, -0.2) is 18.4 Å². The Labute approximate surface area is 108 Å². The van der Waals surface area contributed by atoms with E-state index in [0.717, 1.165) is 11.1 Å². The van der Waals surface area contributed by atoms with Gasteiger partial charge in [0.2, 0.25) is 5.88 Å². The molecule has 0 radical (unpaired) electrons. The van der Waals surface area contributed by atoms with E-state index in [1.54, 1.807) is 6.20 Å². The molecule has 0 amide bonds. The highest BCUT2D eigenvalue weighted by Gasteiger charge is 2.22. The number of rotatable bonds is 1. The van der Waals surface area contributed by atoms with Gasteiger partial charge in [0, 0.05) is 0 Å². The minimum Gasteiger partial charge on any atom is -0.486 e. The number of halogens is 1. The first-order chi connectivity index (χ1) is 8.68. The maximum absolute atomic E-state index is 6.29. The molecule has 0 unspecified atom stereocenters. The van der Waals surface area contributed by atoms with E-state index >= 15 is 0 Å². The van der Waals surface area contributed by atoms with Crippen LogP contribution in [0.25, 0.3) is 11.1 Å². The van der Waals surface area contributed by atoms with Gasteiger partial charge in [0.05, 0.1) is 16.8 Å². The molecular formula is C12H11ClN2O3. The molecule has 0 bridgehead atoms.